The Bertz CT molecular complexity index is 1040. The smallest absolute Gasteiger partial charge is 0.259 e. The molecule has 6 heteroatoms. The summed E-state index contributed by atoms with van der Waals surface area (Å²) in [6.07, 6.45) is 2.67. The summed E-state index contributed by atoms with van der Waals surface area (Å²) in [6, 6.07) is 17.1. The molecule has 1 aliphatic heterocycles. The Kier molecular flexibility index (Phi) is 4.28. The molecule has 130 valence electrons. The van der Waals surface area contributed by atoms with Crippen LogP contribution in [-0.4, -0.2) is 35.6 Å². The van der Waals surface area contributed by atoms with Gasteiger partial charge in [0.15, 0.2) is 0 Å². The Balaban J connectivity index is 1.60. The van der Waals surface area contributed by atoms with E-state index in [0.717, 1.165) is 44.1 Å². The van der Waals surface area contributed by atoms with Crippen LogP contribution in [0.2, 0.25) is 0 Å². The zero-order valence-electron chi connectivity index (χ0n) is 14.4. The minimum Gasteiger partial charge on any atom is -0.369 e. The lowest BCUT2D eigenvalue weighted by Crippen LogP contribution is -2.32. The molecule has 0 amide bonds. The fraction of sp³-hybridized carbons (Fsp3) is 0.250. The van der Waals surface area contributed by atoms with Crippen molar-refractivity contribution in [2.24, 2.45) is 0 Å². The summed E-state index contributed by atoms with van der Waals surface area (Å²) < 4.78 is 1.55. The molecule has 1 aliphatic rings. The van der Waals surface area contributed by atoms with E-state index >= 15 is 0 Å². The number of fused-ring (bicyclic) bond motifs is 1. The maximum Gasteiger partial charge on any atom is 0.259 e. The lowest BCUT2D eigenvalue weighted by atomic mass is 10.1. The van der Waals surface area contributed by atoms with Crippen LogP contribution in [0.25, 0.3) is 5.65 Å². The molecular weight excluding hydrogens is 326 g/mol. The number of aromatic nitrogens is 2. The zero-order valence-corrected chi connectivity index (χ0v) is 14.4. The van der Waals surface area contributed by atoms with Gasteiger partial charge in [-0.15, -0.1) is 0 Å². The van der Waals surface area contributed by atoms with Crippen LogP contribution in [0.15, 0.2) is 59.5 Å². The van der Waals surface area contributed by atoms with E-state index in [1.807, 2.05) is 42.5 Å². The van der Waals surface area contributed by atoms with Gasteiger partial charge in [0, 0.05) is 38.4 Å². The van der Waals surface area contributed by atoms with Crippen LogP contribution in [0.1, 0.15) is 12.0 Å². The number of rotatable bonds is 2. The normalized spacial score (nSPS) is 14.9. The van der Waals surface area contributed by atoms with E-state index in [-0.39, 0.29) is 5.56 Å². The van der Waals surface area contributed by atoms with Gasteiger partial charge in [-0.2, -0.15) is 5.26 Å². The van der Waals surface area contributed by atoms with Gasteiger partial charge in [-0.25, -0.2) is 4.98 Å². The van der Waals surface area contributed by atoms with Gasteiger partial charge in [-0.3, -0.25) is 9.20 Å². The van der Waals surface area contributed by atoms with Crippen LogP contribution in [0.4, 0.5) is 11.5 Å². The van der Waals surface area contributed by atoms with Crippen molar-refractivity contribution in [2.75, 3.05) is 36.0 Å². The standard InChI is InChI=1S/C20H19N5O/c21-15-16-6-1-2-7-17(16)23-9-5-10-24(13-12-23)19-14-20(26)25-11-4-3-8-18(25)22-19/h1-4,6-8,11,14H,5,9-10,12-13H2. The van der Waals surface area contributed by atoms with Crippen LogP contribution in [-0.2, 0) is 0 Å². The molecule has 0 radical (unpaired) electrons. The monoisotopic (exact) mass is 345 g/mol. The van der Waals surface area contributed by atoms with Crippen molar-refractivity contribution in [3.63, 3.8) is 0 Å². The summed E-state index contributed by atoms with van der Waals surface area (Å²) in [5.41, 5.74) is 2.26. The van der Waals surface area contributed by atoms with E-state index < -0.39 is 0 Å². The molecule has 0 saturated carbocycles. The number of nitrogens with zero attached hydrogens (tertiary/aromatic N) is 5. The van der Waals surface area contributed by atoms with Crippen molar-refractivity contribution in [3.05, 3.63) is 70.6 Å². The fourth-order valence-electron chi connectivity index (χ4n) is 3.43. The molecule has 0 aliphatic carbocycles. The van der Waals surface area contributed by atoms with Crippen molar-refractivity contribution in [3.8, 4) is 6.07 Å². The van der Waals surface area contributed by atoms with Crippen molar-refractivity contribution in [2.45, 2.75) is 6.42 Å². The second-order valence-corrected chi connectivity index (χ2v) is 6.34. The second kappa shape index (κ2) is 6.89. The summed E-state index contributed by atoms with van der Waals surface area (Å²) in [6.45, 7) is 3.26. The molecule has 3 heterocycles. The highest BCUT2D eigenvalue weighted by Crippen LogP contribution is 2.22. The van der Waals surface area contributed by atoms with Crippen molar-refractivity contribution >= 4 is 17.2 Å². The number of pyridine rings is 1. The predicted octanol–water partition coefficient (Wildman–Crippen LogP) is 2.28. The van der Waals surface area contributed by atoms with Crippen LogP contribution in [0.5, 0.6) is 0 Å². The molecule has 1 aromatic carbocycles. The van der Waals surface area contributed by atoms with E-state index in [9.17, 15) is 10.1 Å². The average molecular weight is 345 g/mol. The number of anilines is 2. The molecule has 1 saturated heterocycles. The molecule has 0 bridgehead atoms. The predicted molar refractivity (Wildman–Crippen MR) is 102 cm³/mol. The molecule has 0 unspecified atom stereocenters. The molecule has 3 aromatic rings. The van der Waals surface area contributed by atoms with E-state index in [0.29, 0.717) is 11.2 Å². The van der Waals surface area contributed by atoms with E-state index in [1.165, 1.54) is 0 Å². The Labute approximate surface area is 151 Å². The molecule has 2 aromatic heterocycles. The molecule has 0 N–H and O–H groups in total. The molecule has 26 heavy (non-hydrogen) atoms. The highest BCUT2D eigenvalue weighted by molar-refractivity contribution is 5.59. The first-order valence-corrected chi connectivity index (χ1v) is 8.74. The van der Waals surface area contributed by atoms with Gasteiger partial charge in [0.05, 0.1) is 11.3 Å². The van der Waals surface area contributed by atoms with E-state index in [2.05, 4.69) is 20.9 Å². The quantitative estimate of drug-likeness (QED) is 0.713. The number of hydrogen-bond donors (Lipinski definition) is 0. The number of hydrogen-bond acceptors (Lipinski definition) is 5. The minimum atomic E-state index is -0.0680. The minimum absolute atomic E-state index is 0.0680. The SMILES string of the molecule is N#Cc1ccccc1N1CCCN(c2cc(=O)n3ccccc3n2)CC1. The van der Waals surface area contributed by atoms with Gasteiger partial charge >= 0.3 is 0 Å². The molecule has 4 rings (SSSR count). The van der Waals surface area contributed by atoms with Crippen molar-refractivity contribution in [1.82, 2.24) is 9.38 Å². The average Bonchev–Trinajstić information content (AvgIpc) is 2.94. The van der Waals surface area contributed by atoms with Gasteiger partial charge in [-0.05, 0) is 30.7 Å². The van der Waals surface area contributed by atoms with Gasteiger partial charge < -0.3 is 9.80 Å². The van der Waals surface area contributed by atoms with Crippen molar-refractivity contribution < 1.29 is 0 Å². The van der Waals surface area contributed by atoms with Gasteiger partial charge in [0.25, 0.3) is 5.56 Å². The molecule has 0 spiro atoms. The molecule has 1 fully saturated rings. The highest BCUT2D eigenvalue weighted by Gasteiger charge is 2.19. The third-order valence-electron chi connectivity index (χ3n) is 4.74. The third kappa shape index (κ3) is 3.00. The number of nitriles is 1. The summed E-state index contributed by atoms with van der Waals surface area (Å²) in [5.74, 6) is 0.719. The van der Waals surface area contributed by atoms with Crippen LogP contribution in [0, 0.1) is 11.3 Å². The topological polar surface area (TPSA) is 64.6 Å². The summed E-state index contributed by atoms with van der Waals surface area (Å²) in [7, 11) is 0. The van der Waals surface area contributed by atoms with Gasteiger partial charge in [-0.1, -0.05) is 18.2 Å². The Morgan fingerprint density at radius 2 is 1.73 bits per heavy atom. The highest BCUT2D eigenvalue weighted by atomic mass is 16.1. The molecule has 0 atom stereocenters. The van der Waals surface area contributed by atoms with Gasteiger partial charge in [0.2, 0.25) is 0 Å². The maximum atomic E-state index is 12.3. The Morgan fingerprint density at radius 1 is 0.962 bits per heavy atom. The van der Waals surface area contributed by atoms with E-state index in [1.54, 1.807) is 16.7 Å². The third-order valence-corrected chi connectivity index (χ3v) is 4.74. The Morgan fingerprint density at radius 3 is 2.62 bits per heavy atom. The first kappa shape index (κ1) is 16.2. The fourth-order valence-corrected chi connectivity index (χ4v) is 3.43. The Hall–Kier alpha value is -3.33. The van der Waals surface area contributed by atoms with Crippen LogP contribution in [0.3, 0.4) is 0 Å². The lowest BCUT2D eigenvalue weighted by molar-refractivity contribution is 0.795. The maximum absolute atomic E-state index is 12.3. The summed E-state index contributed by atoms with van der Waals surface area (Å²) in [4.78, 5) is 21.4. The summed E-state index contributed by atoms with van der Waals surface area (Å²) in [5, 5.41) is 9.35. The first-order chi connectivity index (χ1) is 12.8. The van der Waals surface area contributed by atoms with Crippen molar-refractivity contribution in [1.29, 1.82) is 5.26 Å². The number of benzene rings is 1. The van der Waals surface area contributed by atoms with Crippen LogP contribution >= 0.6 is 0 Å². The largest absolute Gasteiger partial charge is 0.369 e. The lowest BCUT2D eigenvalue weighted by Gasteiger charge is -2.25. The van der Waals surface area contributed by atoms with E-state index in [4.69, 9.17) is 0 Å². The van der Waals surface area contributed by atoms with Gasteiger partial charge in [0.1, 0.15) is 17.5 Å². The number of para-hydroxylation sites is 1. The molecular formula is C20H19N5O. The molecule has 6 nitrogen and oxygen atoms in total. The van der Waals surface area contributed by atoms with Crippen LogP contribution < -0.4 is 15.4 Å². The zero-order chi connectivity index (χ0) is 17.9. The second-order valence-electron chi connectivity index (χ2n) is 6.34. The summed E-state index contributed by atoms with van der Waals surface area (Å²) >= 11 is 0. The first-order valence-electron chi connectivity index (χ1n) is 8.74.